The molecule has 19 heavy (non-hydrogen) atoms. The van der Waals surface area contributed by atoms with Gasteiger partial charge in [-0.2, -0.15) is 0 Å². The molecule has 0 aliphatic rings. The lowest BCUT2D eigenvalue weighted by atomic mass is 10.2. The zero-order valence-corrected chi connectivity index (χ0v) is 13.1. The fraction of sp³-hybridized carbons (Fsp3) is 0.571. The van der Waals surface area contributed by atoms with E-state index in [0.717, 1.165) is 17.2 Å². The fourth-order valence-corrected chi connectivity index (χ4v) is 3.13. The average Bonchev–Trinajstić information content (AvgIpc) is 2.94. The molecule has 104 valence electrons. The van der Waals surface area contributed by atoms with Gasteiger partial charge in [0, 0.05) is 10.9 Å². The van der Waals surface area contributed by atoms with Crippen molar-refractivity contribution in [3.8, 4) is 0 Å². The summed E-state index contributed by atoms with van der Waals surface area (Å²) in [7, 11) is 0. The van der Waals surface area contributed by atoms with Crippen molar-refractivity contribution in [3.63, 3.8) is 0 Å². The Kier molecular flexibility index (Phi) is 4.37. The molecule has 2 aromatic rings. The normalized spacial score (nSPS) is 13.2. The van der Waals surface area contributed by atoms with Crippen LogP contribution in [-0.4, -0.2) is 21.1 Å². The standard InChI is InChI=1S/C14H22N4S/c1-6-16-13(14-17-10(4)11(5)19-14)12-7-15-8-18(12)9(2)3/h7-9,13,16H,6H2,1-5H3. The van der Waals surface area contributed by atoms with E-state index in [1.807, 2.05) is 12.5 Å². The van der Waals surface area contributed by atoms with Crippen LogP contribution in [0.1, 0.15) is 54.1 Å². The van der Waals surface area contributed by atoms with Crippen molar-refractivity contribution < 1.29 is 0 Å². The predicted octanol–water partition coefficient (Wildman–Crippen LogP) is 3.24. The molecular formula is C14H22N4S. The molecule has 1 unspecified atom stereocenters. The van der Waals surface area contributed by atoms with Crippen molar-refractivity contribution in [1.82, 2.24) is 19.9 Å². The third-order valence-corrected chi connectivity index (χ3v) is 4.39. The van der Waals surface area contributed by atoms with Gasteiger partial charge in [-0.25, -0.2) is 9.97 Å². The molecule has 0 amide bonds. The predicted molar refractivity (Wildman–Crippen MR) is 79.7 cm³/mol. The molecule has 1 atom stereocenters. The first kappa shape index (κ1) is 14.2. The molecule has 5 heteroatoms. The minimum atomic E-state index is 0.132. The second-order valence-corrected chi connectivity index (χ2v) is 6.24. The fourth-order valence-electron chi connectivity index (χ4n) is 2.11. The number of aromatic nitrogens is 3. The number of imidazole rings is 1. The number of thiazole rings is 1. The van der Waals surface area contributed by atoms with Crippen molar-refractivity contribution >= 4 is 11.3 Å². The molecule has 2 rings (SSSR count). The minimum Gasteiger partial charge on any atom is -0.330 e. The summed E-state index contributed by atoms with van der Waals surface area (Å²) in [6.45, 7) is 11.6. The Morgan fingerprint density at radius 2 is 2.11 bits per heavy atom. The molecule has 0 aliphatic carbocycles. The molecule has 1 N–H and O–H groups in total. The van der Waals surface area contributed by atoms with Gasteiger partial charge in [-0.3, -0.25) is 0 Å². The number of rotatable bonds is 5. The van der Waals surface area contributed by atoms with Crippen molar-refractivity contribution in [3.05, 3.63) is 33.8 Å². The van der Waals surface area contributed by atoms with E-state index in [1.165, 1.54) is 10.6 Å². The quantitative estimate of drug-likeness (QED) is 0.913. The molecule has 0 radical (unpaired) electrons. The van der Waals surface area contributed by atoms with E-state index in [0.29, 0.717) is 6.04 Å². The minimum absolute atomic E-state index is 0.132. The van der Waals surface area contributed by atoms with Crippen molar-refractivity contribution in [2.45, 2.75) is 46.7 Å². The zero-order chi connectivity index (χ0) is 14.0. The first-order valence-corrected chi connectivity index (χ1v) is 7.55. The van der Waals surface area contributed by atoms with Crippen LogP contribution >= 0.6 is 11.3 Å². The zero-order valence-electron chi connectivity index (χ0n) is 12.3. The molecular weight excluding hydrogens is 256 g/mol. The van der Waals surface area contributed by atoms with Crippen LogP contribution in [0.25, 0.3) is 0 Å². The third-order valence-electron chi connectivity index (χ3n) is 3.25. The first-order chi connectivity index (χ1) is 9.04. The highest BCUT2D eigenvalue weighted by Gasteiger charge is 2.22. The lowest BCUT2D eigenvalue weighted by Gasteiger charge is -2.19. The molecule has 2 heterocycles. The van der Waals surface area contributed by atoms with Crippen molar-refractivity contribution in [2.24, 2.45) is 0 Å². The molecule has 0 fully saturated rings. The van der Waals surface area contributed by atoms with E-state index in [1.54, 1.807) is 11.3 Å². The van der Waals surface area contributed by atoms with Gasteiger partial charge in [0.1, 0.15) is 11.0 Å². The lowest BCUT2D eigenvalue weighted by Crippen LogP contribution is -2.24. The molecule has 2 aromatic heterocycles. The van der Waals surface area contributed by atoms with Crippen LogP contribution in [0.3, 0.4) is 0 Å². The molecule has 0 aliphatic heterocycles. The maximum Gasteiger partial charge on any atom is 0.116 e. The Morgan fingerprint density at radius 1 is 1.37 bits per heavy atom. The largest absolute Gasteiger partial charge is 0.330 e. The van der Waals surface area contributed by atoms with Gasteiger partial charge < -0.3 is 9.88 Å². The summed E-state index contributed by atoms with van der Waals surface area (Å²) in [5.74, 6) is 0. The van der Waals surface area contributed by atoms with Crippen LogP contribution in [-0.2, 0) is 0 Å². The molecule has 0 spiro atoms. The highest BCUT2D eigenvalue weighted by Crippen LogP contribution is 2.29. The van der Waals surface area contributed by atoms with Gasteiger partial charge in [-0.1, -0.05) is 6.92 Å². The Bertz CT molecular complexity index is 522. The van der Waals surface area contributed by atoms with Gasteiger partial charge in [0.05, 0.1) is 23.9 Å². The second kappa shape index (κ2) is 5.84. The highest BCUT2D eigenvalue weighted by atomic mass is 32.1. The Balaban J connectivity index is 2.42. The smallest absolute Gasteiger partial charge is 0.116 e. The molecule has 0 bridgehead atoms. The van der Waals surface area contributed by atoms with E-state index in [9.17, 15) is 0 Å². The SMILES string of the molecule is CCNC(c1nc(C)c(C)s1)c1cncn1C(C)C. The number of hydrogen-bond donors (Lipinski definition) is 1. The first-order valence-electron chi connectivity index (χ1n) is 6.73. The van der Waals surface area contributed by atoms with Crippen LogP contribution in [0.5, 0.6) is 0 Å². The monoisotopic (exact) mass is 278 g/mol. The van der Waals surface area contributed by atoms with Crippen LogP contribution in [0.4, 0.5) is 0 Å². The van der Waals surface area contributed by atoms with Crippen LogP contribution in [0.15, 0.2) is 12.5 Å². The van der Waals surface area contributed by atoms with Crippen LogP contribution < -0.4 is 5.32 Å². The van der Waals surface area contributed by atoms with E-state index < -0.39 is 0 Å². The molecule has 0 saturated carbocycles. The summed E-state index contributed by atoms with van der Waals surface area (Å²) < 4.78 is 2.21. The lowest BCUT2D eigenvalue weighted by molar-refractivity contribution is 0.521. The highest BCUT2D eigenvalue weighted by molar-refractivity contribution is 7.11. The Labute approximate surface area is 118 Å². The summed E-state index contributed by atoms with van der Waals surface area (Å²) >= 11 is 1.77. The van der Waals surface area contributed by atoms with Gasteiger partial charge in [0.25, 0.3) is 0 Å². The van der Waals surface area contributed by atoms with E-state index >= 15 is 0 Å². The van der Waals surface area contributed by atoms with Gasteiger partial charge in [0.15, 0.2) is 0 Å². The summed E-state index contributed by atoms with van der Waals surface area (Å²) in [6.07, 6.45) is 3.84. The number of aryl methyl sites for hydroxylation is 2. The summed E-state index contributed by atoms with van der Waals surface area (Å²) in [6, 6.07) is 0.535. The Hall–Kier alpha value is -1.20. The second-order valence-electron chi connectivity index (χ2n) is 5.00. The molecule has 4 nitrogen and oxygen atoms in total. The van der Waals surface area contributed by atoms with Crippen molar-refractivity contribution in [1.29, 1.82) is 0 Å². The summed E-state index contributed by atoms with van der Waals surface area (Å²) in [5, 5.41) is 4.65. The Morgan fingerprint density at radius 3 is 2.63 bits per heavy atom. The van der Waals surface area contributed by atoms with E-state index in [2.05, 4.69) is 49.5 Å². The van der Waals surface area contributed by atoms with Crippen LogP contribution in [0.2, 0.25) is 0 Å². The maximum absolute atomic E-state index is 4.70. The summed E-state index contributed by atoms with van der Waals surface area (Å²) in [4.78, 5) is 10.3. The topological polar surface area (TPSA) is 42.7 Å². The number of nitrogens with zero attached hydrogens (tertiary/aromatic N) is 3. The number of hydrogen-bond acceptors (Lipinski definition) is 4. The van der Waals surface area contributed by atoms with Gasteiger partial charge in [0.2, 0.25) is 0 Å². The van der Waals surface area contributed by atoms with Gasteiger partial charge in [-0.05, 0) is 34.2 Å². The van der Waals surface area contributed by atoms with E-state index in [-0.39, 0.29) is 6.04 Å². The van der Waals surface area contributed by atoms with Crippen molar-refractivity contribution in [2.75, 3.05) is 6.54 Å². The number of nitrogens with one attached hydrogen (secondary N) is 1. The molecule has 0 aromatic carbocycles. The van der Waals surface area contributed by atoms with E-state index in [4.69, 9.17) is 4.98 Å². The van der Waals surface area contributed by atoms with Gasteiger partial charge in [-0.15, -0.1) is 11.3 Å². The summed E-state index contributed by atoms with van der Waals surface area (Å²) in [5.41, 5.74) is 2.31. The third kappa shape index (κ3) is 2.87. The maximum atomic E-state index is 4.70. The van der Waals surface area contributed by atoms with Crippen LogP contribution in [0, 0.1) is 13.8 Å². The van der Waals surface area contributed by atoms with Gasteiger partial charge >= 0.3 is 0 Å². The average molecular weight is 278 g/mol. The molecule has 0 saturated heterocycles.